The molecule has 1 spiro atoms. The molecule has 0 bridgehead atoms. The quantitative estimate of drug-likeness (QED) is 0.398. The van der Waals surface area contributed by atoms with E-state index in [1.165, 1.54) is 12.8 Å². The van der Waals surface area contributed by atoms with Crippen LogP contribution in [0.25, 0.3) is 16.9 Å². The van der Waals surface area contributed by atoms with Gasteiger partial charge in [-0.05, 0) is 62.3 Å². The monoisotopic (exact) mass is 586 g/mol. The van der Waals surface area contributed by atoms with E-state index in [0.29, 0.717) is 16.9 Å². The molecule has 2 saturated heterocycles. The number of nitrogens with zero attached hydrogens (tertiary/aromatic N) is 5. The first-order chi connectivity index (χ1) is 19.5. The van der Waals surface area contributed by atoms with Crippen molar-refractivity contribution in [1.82, 2.24) is 14.5 Å². The molecular formula is C29H36F2N6O3S. The van der Waals surface area contributed by atoms with Gasteiger partial charge < -0.3 is 19.5 Å². The van der Waals surface area contributed by atoms with Crippen LogP contribution in [0.2, 0.25) is 0 Å². The summed E-state index contributed by atoms with van der Waals surface area (Å²) in [7, 11) is -3.66. The maximum absolute atomic E-state index is 13.7. The van der Waals surface area contributed by atoms with Gasteiger partial charge in [-0.3, -0.25) is 4.72 Å². The third kappa shape index (κ3) is 6.18. The number of imidazole rings is 1. The summed E-state index contributed by atoms with van der Waals surface area (Å²) in [6.45, 7) is 3.73. The Morgan fingerprint density at radius 1 is 0.976 bits per heavy atom. The minimum Gasteiger partial charge on any atom is -0.395 e. The molecule has 2 aliphatic heterocycles. The fourth-order valence-electron chi connectivity index (χ4n) is 5.93. The highest BCUT2D eigenvalue weighted by molar-refractivity contribution is 7.92. The molecule has 4 heterocycles. The van der Waals surface area contributed by atoms with Gasteiger partial charge in [0.1, 0.15) is 5.82 Å². The average Bonchev–Trinajstić information content (AvgIpc) is 3.48. The maximum atomic E-state index is 13.7. The molecule has 1 aliphatic carbocycles. The Morgan fingerprint density at radius 3 is 2.37 bits per heavy atom. The van der Waals surface area contributed by atoms with Crippen molar-refractivity contribution in [1.29, 1.82) is 0 Å². The number of rotatable bonds is 8. The molecule has 2 N–H and O–H groups in total. The zero-order valence-corrected chi connectivity index (χ0v) is 24.0. The van der Waals surface area contributed by atoms with Crippen molar-refractivity contribution in [2.75, 3.05) is 53.1 Å². The normalized spacial score (nSPS) is 19.9. The Hall–Kier alpha value is -3.25. The van der Waals surface area contributed by atoms with E-state index in [9.17, 15) is 17.2 Å². The van der Waals surface area contributed by atoms with E-state index in [2.05, 4.69) is 14.6 Å². The van der Waals surface area contributed by atoms with Gasteiger partial charge in [0.15, 0.2) is 0 Å². The average molecular weight is 587 g/mol. The van der Waals surface area contributed by atoms with Crippen molar-refractivity contribution in [2.45, 2.75) is 51.4 Å². The molecule has 3 aliphatic rings. The molecule has 2 aromatic heterocycles. The van der Waals surface area contributed by atoms with Gasteiger partial charge in [-0.15, -0.1) is 0 Å². The first-order valence-corrected chi connectivity index (χ1v) is 15.9. The van der Waals surface area contributed by atoms with E-state index in [1.807, 2.05) is 46.9 Å². The van der Waals surface area contributed by atoms with Gasteiger partial charge in [-0.1, -0.05) is 0 Å². The standard InChI is InChI=1S/C29H36F2N6O3S/c1-21-16-23(18-27(33-21)36-12-8-29(30,31)9-13-36)37-19-25(32-20-37)24-3-2-22(34-41(39,40)15-14-38)17-26(24)35-10-6-28(4-5-28)7-11-35/h2-3,16-20,34,38H,4-15H2,1H3. The lowest BCUT2D eigenvalue weighted by atomic mass is 9.93. The van der Waals surface area contributed by atoms with Gasteiger partial charge in [0.2, 0.25) is 10.0 Å². The summed E-state index contributed by atoms with van der Waals surface area (Å²) in [6, 6.07) is 9.31. The van der Waals surface area contributed by atoms with Crippen molar-refractivity contribution in [3.05, 3.63) is 48.5 Å². The number of piperidine rings is 2. The van der Waals surface area contributed by atoms with Crippen LogP contribution in [-0.4, -0.2) is 72.5 Å². The van der Waals surface area contributed by atoms with Gasteiger partial charge >= 0.3 is 0 Å². The van der Waals surface area contributed by atoms with E-state index < -0.39 is 22.6 Å². The highest BCUT2D eigenvalue weighted by Crippen LogP contribution is 2.54. The van der Waals surface area contributed by atoms with Crippen molar-refractivity contribution >= 4 is 27.2 Å². The van der Waals surface area contributed by atoms with Crippen LogP contribution in [0.3, 0.4) is 0 Å². The number of nitrogens with one attached hydrogen (secondary N) is 1. The summed E-state index contributed by atoms with van der Waals surface area (Å²) in [6.07, 6.45) is 8.10. The van der Waals surface area contributed by atoms with Crippen LogP contribution in [0, 0.1) is 12.3 Å². The smallest absolute Gasteiger partial charge is 0.251 e. The Kier molecular flexibility index (Phi) is 7.17. The summed E-state index contributed by atoms with van der Waals surface area (Å²) in [4.78, 5) is 13.5. The fourth-order valence-corrected chi connectivity index (χ4v) is 6.76. The largest absolute Gasteiger partial charge is 0.395 e. The van der Waals surface area contributed by atoms with E-state index in [1.54, 1.807) is 12.4 Å². The molecular weight excluding hydrogens is 550 g/mol. The molecule has 0 unspecified atom stereocenters. The Labute approximate surface area is 239 Å². The van der Waals surface area contributed by atoms with Gasteiger partial charge in [-0.25, -0.2) is 27.2 Å². The predicted molar refractivity (Wildman–Crippen MR) is 156 cm³/mol. The van der Waals surface area contributed by atoms with Gasteiger partial charge in [0, 0.05) is 68.2 Å². The molecule has 41 heavy (non-hydrogen) atoms. The Bertz CT molecular complexity index is 1520. The van der Waals surface area contributed by atoms with E-state index >= 15 is 0 Å². The minimum atomic E-state index is -3.66. The summed E-state index contributed by atoms with van der Waals surface area (Å²) in [5.41, 5.74) is 5.11. The van der Waals surface area contributed by atoms with Gasteiger partial charge in [0.05, 0.1) is 35.8 Å². The van der Waals surface area contributed by atoms with Crippen LogP contribution in [0.1, 0.15) is 44.2 Å². The number of hydrogen-bond acceptors (Lipinski definition) is 7. The molecule has 3 fully saturated rings. The molecule has 220 valence electrons. The van der Waals surface area contributed by atoms with Crippen LogP contribution >= 0.6 is 0 Å². The lowest BCUT2D eigenvalue weighted by molar-refractivity contribution is -0.0221. The fraction of sp³-hybridized carbons (Fsp3) is 0.517. The molecule has 0 radical (unpaired) electrons. The number of aliphatic hydroxyl groups is 1. The molecule has 1 saturated carbocycles. The number of halogens is 2. The number of aliphatic hydroxyl groups excluding tert-OH is 1. The van der Waals surface area contributed by atoms with Crippen LogP contribution in [0.5, 0.6) is 0 Å². The van der Waals surface area contributed by atoms with Gasteiger partial charge in [-0.2, -0.15) is 0 Å². The lowest BCUT2D eigenvalue weighted by Gasteiger charge is -2.35. The predicted octanol–water partition coefficient (Wildman–Crippen LogP) is 4.59. The number of aryl methyl sites for hydroxylation is 1. The highest BCUT2D eigenvalue weighted by atomic mass is 32.2. The molecule has 9 nitrogen and oxygen atoms in total. The van der Waals surface area contributed by atoms with E-state index in [-0.39, 0.29) is 31.7 Å². The Balaban J connectivity index is 1.30. The van der Waals surface area contributed by atoms with Crippen LogP contribution in [-0.2, 0) is 10.0 Å². The number of sulfonamides is 1. The second kappa shape index (κ2) is 10.5. The summed E-state index contributed by atoms with van der Waals surface area (Å²) in [5.74, 6) is -2.32. The summed E-state index contributed by atoms with van der Waals surface area (Å²) in [5, 5.41) is 9.14. The van der Waals surface area contributed by atoms with Crippen LogP contribution < -0.4 is 14.5 Å². The zero-order valence-electron chi connectivity index (χ0n) is 23.2. The third-order valence-corrected chi connectivity index (χ3v) is 9.92. The molecule has 12 heteroatoms. The molecule has 3 aromatic rings. The topological polar surface area (TPSA) is 104 Å². The van der Waals surface area contributed by atoms with E-state index in [0.717, 1.165) is 54.3 Å². The van der Waals surface area contributed by atoms with Crippen LogP contribution in [0.4, 0.5) is 26.0 Å². The summed E-state index contributed by atoms with van der Waals surface area (Å²) < 4.78 is 56.6. The highest BCUT2D eigenvalue weighted by Gasteiger charge is 2.44. The zero-order chi connectivity index (χ0) is 28.8. The number of hydrogen-bond donors (Lipinski definition) is 2. The van der Waals surface area contributed by atoms with Crippen molar-refractivity contribution < 1.29 is 22.3 Å². The second-order valence-electron chi connectivity index (χ2n) is 11.7. The number of benzene rings is 1. The Morgan fingerprint density at radius 2 is 1.68 bits per heavy atom. The van der Waals surface area contributed by atoms with Crippen LogP contribution in [0.15, 0.2) is 42.9 Å². The van der Waals surface area contributed by atoms with Crippen molar-refractivity contribution in [3.63, 3.8) is 0 Å². The number of alkyl halides is 2. The first kappa shape index (κ1) is 27.9. The molecule has 0 atom stereocenters. The van der Waals surface area contributed by atoms with E-state index in [4.69, 9.17) is 10.1 Å². The molecule has 6 rings (SSSR count). The third-order valence-electron chi connectivity index (χ3n) is 8.65. The van der Waals surface area contributed by atoms with Crippen molar-refractivity contribution in [2.24, 2.45) is 5.41 Å². The SMILES string of the molecule is Cc1cc(-n2cnc(-c3ccc(NS(=O)(=O)CCO)cc3N3CCC4(CC3)CC4)c2)cc(N2CCC(F)(F)CC2)n1. The molecule has 0 amide bonds. The van der Waals surface area contributed by atoms with Crippen molar-refractivity contribution in [3.8, 4) is 16.9 Å². The minimum absolute atomic E-state index is 0.181. The number of anilines is 3. The summed E-state index contributed by atoms with van der Waals surface area (Å²) >= 11 is 0. The molecule has 1 aromatic carbocycles. The lowest BCUT2D eigenvalue weighted by Crippen LogP contribution is -2.39. The second-order valence-corrected chi connectivity index (χ2v) is 13.5. The maximum Gasteiger partial charge on any atom is 0.251 e. The number of aromatic nitrogens is 3. The number of pyridine rings is 1. The first-order valence-electron chi connectivity index (χ1n) is 14.2. The van der Waals surface area contributed by atoms with Gasteiger partial charge in [0.25, 0.3) is 5.92 Å².